The van der Waals surface area contributed by atoms with E-state index >= 15 is 0 Å². The number of rotatable bonds is 5. The highest BCUT2D eigenvalue weighted by atomic mass is 32.2. The van der Waals surface area contributed by atoms with Crippen LogP contribution in [0.25, 0.3) is 10.9 Å². The molecule has 1 atom stereocenters. The number of hydrogen-bond acceptors (Lipinski definition) is 3. The first kappa shape index (κ1) is 14.6. The molecule has 1 amide bonds. The topological polar surface area (TPSA) is 82.2 Å². The summed E-state index contributed by atoms with van der Waals surface area (Å²) in [6.45, 7) is 1.83. The molecule has 20 heavy (non-hydrogen) atoms. The van der Waals surface area contributed by atoms with E-state index in [4.69, 9.17) is 5.73 Å². The van der Waals surface area contributed by atoms with E-state index in [0.717, 1.165) is 16.5 Å². The molecule has 0 bridgehead atoms. The lowest BCUT2D eigenvalue weighted by molar-refractivity contribution is -0.117. The largest absolute Gasteiger partial charge is 0.369 e. The molecule has 108 valence electrons. The minimum Gasteiger partial charge on any atom is -0.369 e. The van der Waals surface area contributed by atoms with Crippen molar-refractivity contribution in [2.75, 3.05) is 6.26 Å². The second kappa shape index (κ2) is 5.28. The van der Waals surface area contributed by atoms with Crippen molar-refractivity contribution < 1.29 is 13.2 Å². The third-order valence-corrected chi connectivity index (χ3v) is 4.89. The number of benzene rings is 1. The van der Waals surface area contributed by atoms with Crippen molar-refractivity contribution in [1.29, 1.82) is 0 Å². The molecule has 2 aromatic rings. The molecule has 0 fully saturated rings. The Morgan fingerprint density at radius 3 is 2.55 bits per heavy atom. The third-order valence-electron chi connectivity index (χ3n) is 3.34. The summed E-state index contributed by atoms with van der Waals surface area (Å²) in [5, 5.41) is 0.238. The average Bonchev–Trinajstić information content (AvgIpc) is 2.67. The monoisotopic (exact) mass is 294 g/mol. The molecule has 0 aliphatic carbocycles. The van der Waals surface area contributed by atoms with Crippen molar-refractivity contribution in [2.24, 2.45) is 5.73 Å². The van der Waals surface area contributed by atoms with Gasteiger partial charge >= 0.3 is 0 Å². The van der Waals surface area contributed by atoms with E-state index < -0.39 is 21.1 Å². The summed E-state index contributed by atoms with van der Waals surface area (Å²) in [6, 6.07) is 7.44. The molecule has 1 unspecified atom stereocenters. The Bertz CT molecular complexity index is 747. The Morgan fingerprint density at radius 1 is 1.35 bits per heavy atom. The van der Waals surface area contributed by atoms with Crippen molar-refractivity contribution >= 4 is 26.6 Å². The molecule has 1 aromatic heterocycles. The van der Waals surface area contributed by atoms with E-state index in [9.17, 15) is 13.2 Å². The van der Waals surface area contributed by atoms with E-state index in [1.54, 1.807) is 10.8 Å². The van der Waals surface area contributed by atoms with E-state index in [1.807, 2.05) is 31.2 Å². The van der Waals surface area contributed by atoms with Crippen LogP contribution in [0.5, 0.6) is 0 Å². The number of nitrogens with two attached hydrogens (primary N) is 1. The van der Waals surface area contributed by atoms with Crippen molar-refractivity contribution in [2.45, 2.75) is 25.1 Å². The fourth-order valence-electron chi connectivity index (χ4n) is 2.55. The van der Waals surface area contributed by atoms with Crippen LogP contribution < -0.4 is 5.73 Å². The molecule has 1 aromatic carbocycles. The van der Waals surface area contributed by atoms with Crippen LogP contribution in [0.15, 0.2) is 30.5 Å². The first-order valence-electron chi connectivity index (χ1n) is 6.40. The molecule has 6 heteroatoms. The number of carbonyl (C=O) groups is 1. The predicted molar refractivity (Wildman–Crippen MR) is 79.0 cm³/mol. The van der Waals surface area contributed by atoms with Gasteiger partial charge < -0.3 is 10.3 Å². The van der Waals surface area contributed by atoms with Gasteiger partial charge in [-0.3, -0.25) is 4.79 Å². The van der Waals surface area contributed by atoms with Crippen molar-refractivity contribution in [1.82, 2.24) is 4.57 Å². The van der Waals surface area contributed by atoms with Gasteiger partial charge in [-0.25, -0.2) is 8.42 Å². The second-order valence-electron chi connectivity index (χ2n) is 4.91. The first-order valence-corrected chi connectivity index (χ1v) is 8.35. The van der Waals surface area contributed by atoms with Gasteiger partial charge in [0.25, 0.3) is 0 Å². The highest BCUT2D eigenvalue weighted by Crippen LogP contribution is 2.28. The second-order valence-corrected chi connectivity index (χ2v) is 7.12. The zero-order valence-electron chi connectivity index (χ0n) is 11.5. The SMILES string of the molecule is CCC(n1cc(CC(N)=O)c2ccccc21)S(C)(=O)=O. The lowest BCUT2D eigenvalue weighted by atomic mass is 10.1. The van der Waals surface area contributed by atoms with Crippen LogP contribution in [0.3, 0.4) is 0 Å². The summed E-state index contributed by atoms with van der Waals surface area (Å²) in [5.74, 6) is -0.430. The van der Waals surface area contributed by atoms with Gasteiger partial charge in [0.05, 0.1) is 6.42 Å². The normalized spacial score (nSPS) is 13.5. The van der Waals surface area contributed by atoms with E-state index in [2.05, 4.69) is 0 Å². The van der Waals surface area contributed by atoms with Crippen LogP contribution in [-0.4, -0.2) is 25.1 Å². The molecule has 0 saturated carbocycles. The van der Waals surface area contributed by atoms with E-state index in [0.29, 0.717) is 6.42 Å². The molecule has 0 spiro atoms. The van der Waals surface area contributed by atoms with Crippen LogP contribution in [0.4, 0.5) is 0 Å². The van der Waals surface area contributed by atoms with Crippen LogP contribution in [-0.2, 0) is 21.1 Å². The molecular formula is C14H18N2O3S. The highest BCUT2D eigenvalue weighted by molar-refractivity contribution is 7.90. The number of aromatic nitrogens is 1. The minimum absolute atomic E-state index is 0.105. The van der Waals surface area contributed by atoms with E-state index in [-0.39, 0.29) is 6.42 Å². The number of amides is 1. The maximum absolute atomic E-state index is 11.9. The van der Waals surface area contributed by atoms with E-state index in [1.165, 1.54) is 6.26 Å². The lowest BCUT2D eigenvalue weighted by Crippen LogP contribution is -2.17. The van der Waals surface area contributed by atoms with Crippen LogP contribution >= 0.6 is 0 Å². The summed E-state index contributed by atoms with van der Waals surface area (Å²) in [4.78, 5) is 11.2. The van der Waals surface area contributed by atoms with Crippen LogP contribution in [0, 0.1) is 0 Å². The molecule has 1 heterocycles. The maximum Gasteiger partial charge on any atom is 0.221 e. The summed E-state index contributed by atoms with van der Waals surface area (Å²) in [6.07, 6.45) is 3.52. The zero-order valence-corrected chi connectivity index (χ0v) is 12.4. The number of carbonyl (C=O) groups excluding carboxylic acids is 1. The summed E-state index contributed by atoms with van der Waals surface area (Å²) < 4.78 is 25.6. The number of fused-ring (bicyclic) bond motifs is 1. The molecule has 2 rings (SSSR count). The molecule has 5 nitrogen and oxygen atoms in total. The Hall–Kier alpha value is -1.82. The number of para-hydroxylation sites is 1. The van der Waals surface area contributed by atoms with Gasteiger partial charge in [-0.05, 0) is 18.1 Å². The van der Waals surface area contributed by atoms with Gasteiger partial charge in [0, 0.05) is 23.4 Å². The molecule has 0 aliphatic rings. The highest BCUT2D eigenvalue weighted by Gasteiger charge is 2.23. The zero-order chi connectivity index (χ0) is 14.9. The smallest absolute Gasteiger partial charge is 0.221 e. The molecule has 0 aliphatic heterocycles. The summed E-state index contributed by atoms with van der Waals surface area (Å²) in [5.41, 5.74) is 6.82. The van der Waals surface area contributed by atoms with Gasteiger partial charge in [-0.2, -0.15) is 0 Å². The first-order chi connectivity index (χ1) is 9.34. The third kappa shape index (κ3) is 2.70. The molecular weight excluding hydrogens is 276 g/mol. The number of sulfone groups is 1. The average molecular weight is 294 g/mol. The predicted octanol–water partition coefficient (Wildman–Crippen LogP) is 1.62. The van der Waals surface area contributed by atoms with Crippen molar-refractivity contribution in [3.05, 3.63) is 36.0 Å². The number of primary amides is 1. The lowest BCUT2D eigenvalue weighted by Gasteiger charge is -2.16. The number of hydrogen-bond donors (Lipinski definition) is 1. The maximum atomic E-state index is 11.9. The van der Waals surface area contributed by atoms with Crippen molar-refractivity contribution in [3.8, 4) is 0 Å². The standard InChI is InChI=1S/C14H18N2O3S/c1-3-14(20(2,18)19)16-9-10(8-13(15)17)11-6-4-5-7-12(11)16/h4-7,9,14H,3,8H2,1-2H3,(H2,15,17). The molecule has 2 N–H and O–H groups in total. The number of nitrogens with zero attached hydrogens (tertiary/aromatic N) is 1. The van der Waals surface area contributed by atoms with Crippen molar-refractivity contribution in [3.63, 3.8) is 0 Å². The Balaban J connectivity index is 2.68. The Labute approximate surface area is 118 Å². The van der Waals surface area contributed by atoms with Crippen LogP contribution in [0.2, 0.25) is 0 Å². The van der Waals surface area contributed by atoms with Gasteiger partial charge in [-0.1, -0.05) is 25.1 Å². The quantitative estimate of drug-likeness (QED) is 0.909. The minimum atomic E-state index is -3.23. The van der Waals surface area contributed by atoms with Gasteiger partial charge in [0.15, 0.2) is 9.84 Å². The summed E-state index contributed by atoms with van der Waals surface area (Å²) in [7, 11) is -3.23. The van der Waals surface area contributed by atoms with Gasteiger partial charge in [0.2, 0.25) is 5.91 Å². The van der Waals surface area contributed by atoms with Gasteiger partial charge in [0.1, 0.15) is 5.37 Å². The fraction of sp³-hybridized carbons (Fsp3) is 0.357. The van der Waals surface area contributed by atoms with Crippen LogP contribution in [0.1, 0.15) is 24.3 Å². The summed E-state index contributed by atoms with van der Waals surface area (Å²) >= 11 is 0. The fourth-order valence-corrected chi connectivity index (χ4v) is 3.74. The Kier molecular flexibility index (Phi) is 3.85. The molecule has 0 radical (unpaired) electrons. The Morgan fingerprint density at radius 2 is 2.00 bits per heavy atom. The molecule has 0 saturated heterocycles. The van der Waals surface area contributed by atoms with Gasteiger partial charge in [-0.15, -0.1) is 0 Å².